The molecule has 0 saturated carbocycles. The first-order valence-corrected chi connectivity index (χ1v) is 14.1. The lowest BCUT2D eigenvalue weighted by atomic mass is 10.0. The second-order valence-corrected chi connectivity index (χ2v) is 10.8. The molecule has 3 aliphatic rings. The second kappa shape index (κ2) is 11.1. The van der Waals surface area contributed by atoms with Crippen molar-refractivity contribution in [1.82, 2.24) is 20.2 Å². The van der Waals surface area contributed by atoms with Gasteiger partial charge >= 0.3 is 6.01 Å². The summed E-state index contributed by atoms with van der Waals surface area (Å²) >= 11 is 0. The monoisotopic (exact) mass is 540 g/mol. The summed E-state index contributed by atoms with van der Waals surface area (Å²) in [5.41, 5.74) is 4.10. The van der Waals surface area contributed by atoms with Gasteiger partial charge in [0.25, 0.3) is 0 Å². The van der Waals surface area contributed by atoms with Crippen LogP contribution < -0.4 is 19.9 Å². The fourth-order valence-corrected chi connectivity index (χ4v) is 6.02. The van der Waals surface area contributed by atoms with Crippen molar-refractivity contribution in [3.05, 3.63) is 72.6 Å². The summed E-state index contributed by atoms with van der Waals surface area (Å²) in [7, 11) is 0. The van der Waals surface area contributed by atoms with Gasteiger partial charge in [0.15, 0.2) is 0 Å². The zero-order valence-corrected chi connectivity index (χ0v) is 22.8. The number of hydrogen-bond donors (Lipinski definition) is 2. The number of anilines is 2. The van der Waals surface area contributed by atoms with Crippen molar-refractivity contribution in [3.63, 3.8) is 0 Å². The molecule has 0 spiro atoms. The summed E-state index contributed by atoms with van der Waals surface area (Å²) in [5.74, 6) is 1.11. The first-order chi connectivity index (χ1) is 19.5. The van der Waals surface area contributed by atoms with E-state index in [4.69, 9.17) is 14.7 Å². The summed E-state index contributed by atoms with van der Waals surface area (Å²) in [6, 6.07) is 12.3. The molecular formula is C31H36N6O3. The van der Waals surface area contributed by atoms with Gasteiger partial charge in [0.2, 0.25) is 5.91 Å². The van der Waals surface area contributed by atoms with Gasteiger partial charge in [-0.15, -0.1) is 0 Å². The zero-order chi connectivity index (χ0) is 27.6. The normalized spacial score (nSPS) is 19.2. The summed E-state index contributed by atoms with van der Waals surface area (Å²) in [5, 5.41) is 16.0. The maximum absolute atomic E-state index is 12.2. The number of hydrogen-bond acceptors (Lipinski definition) is 8. The zero-order valence-electron chi connectivity index (χ0n) is 22.8. The maximum atomic E-state index is 12.2. The van der Waals surface area contributed by atoms with Gasteiger partial charge in [-0.2, -0.15) is 9.97 Å². The average molecular weight is 541 g/mol. The molecule has 2 N–H and O–H groups in total. The van der Waals surface area contributed by atoms with Crippen molar-refractivity contribution in [2.75, 3.05) is 49.1 Å². The molecule has 40 heavy (non-hydrogen) atoms. The number of aromatic hydroxyl groups is 1. The number of piperidine rings is 1. The Labute approximate surface area is 234 Å². The van der Waals surface area contributed by atoms with Crippen LogP contribution in [0.3, 0.4) is 0 Å². The van der Waals surface area contributed by atoms with E-state index in [0.29, 0.717) is 45.3 Å². The number of benzene rings is 2. The third kappa shape index (κ3) is 5.28. The van der Waals surface area contributed by atoms with Crippen LogP contribution >= 0.6 is 0 Å². The number of phenols is 1. The standard InChI is InChI=1S/C31H36N6O3/c1-3-29(39)35-13-15-36(16-14-35)30-26-11-12-37(28-18-24(38)17-22-8-4-5-10-25(22)28)19-27(26)33-31(34-30)40-20-23-9-6-7-21(2)32-23/h3-5,8,10,17-18,23,32,38H,1-2,6-7,9,11-16,19-20H2/t23-/m1/s1. The lowest BCUT2D eigenvalue weighted by molar-refractivity contribution is -0.126. The number of carbonyl (C=O) groups excluding carboxylic acids is 1. The van der Waals surface area contributed by atoms with Crippen LogP contribution in [0.5, 0.6) is 11.8 Å². The van der Waals surface area contributed by atoms with E-state index in [1.54, 1.807) is 6.07 Å². The second-order valence-electron chi connectivity index (χ2n) is 10.8. The Kier molecular flexibility index (Phi) is 7.19. The van der Waals surface area contributed by atoms with E-state index in [1.807, 2.05) is 29.2 Å². The summed E-state index contributed by atoms with van der Waals surface area (Å²) < 4.78 is 6.21. The number of phenolic OH excluding ortho intramolecular Hbond substituents is 1. The van der Waals surface area contributed by atoms with Crippen molar-refractivity contribution >= 4 is 28.2 Å². The smallest absolute Gasteiger partial charge is 0.318 e. The van der Waals surface area contributed by atoms with Gasteiger partial charge in [-0.25, -0.2) is 0 Å². The third-order valence-corrected chi connectivity index (χ3v) is 8.11. The van der Waals surface area contributed by atoms with Crippen molar-refractivity contribution in [2.45, 2.75) is 38.3 Å². The molecule has 3 aliphatic heterocycles. The molecule has 4 heterocycles. The number of ether oxygens (including phenoxy) is 1. The van der Waals surface area contributed by atoms with Crippen LogP contribution in [0.15, 0.2) is 61.3 Å². The molecular weight excluding hydrogens is 504 g/mol. The highest BCUT2D eigenvalue weighted by atomic mass is 16.5. The van der Waals surface area contributed by atoms with Crippen molar-refractivity contribution in [3.8, 4) is 11.8 Å². The van der Waals surface area contributed by atoms with Crippen LogP contribution in [-0.2, 0) is 17.8 Å². The molecule has 3 aromatic rings. The topological polar surface area (TPSA) is 94.1 Å². The molecule has 0 bridgehead atoms. The molecule has 2 aromatic carbocycles. The Balaban J connectivity index is 1.30. The van der Waals surface area contributed by atoms with E-state index in [0.717, 1.165) is 71.5 Å². The largest absolute Gasteiger partial charge is 0.508 e. The molecule has 208 valence electrons. The van der Waals surface area contributed by atoms with E-state index in [1.165, 1.54) is 6.08 Å². The van der Waals surface area contributed by atoms with Gasteiger partial charge in [-0.05, 0) is 43.2 Å². The van der Waals surface area contributed by atoms with Crippen molar-refractivity contribution in [1.29, 1.82) is 0 Å². The first-order valence-electron chi connectivity index (χ1n) is 14.1. The third-order valence-electron chi connectivity index (χ3n) is 8.11. The molecule has 9 nitrogen and oxygen atoms in total. The van der Waals surface area contributed by atoms with E-state index in [9.17, 15) is 9.90 Å². The Morgan fingerprint density at radius 1 is 1.10 bits per heavy atom. The fraction of sp³-hybridized carbons (Fsp3) is 0.387. The predicted molar refractivity (Wildman–Crippen MR) is 157 cm³/mol. The summed E-state index contributed by atoms with van der Waals surface area (Å²) in [6.45, 7) is 12.2. The molecule has 2 saturated heterocycles. The van der Waals surface area contributed by atoms with Gasteiger partial charge in [0, 0.05) is 61.1 Å². The van der Waals surface area contributed by atoms with Crippen LogP contribution in [0.4, 0.5) is 11.5 Å². The Hall–Kier alpha value is -4.27. The van der Waals surface area contributed by atoms with Gasteiger partial charge in [0.1, 0.15) is 18.2 Å². The molecule has 0 unspecified atom stereocenters. The first kappa shape index (κ1) is 26.0. The fourth-order valence-electron chi connectivity index (χ4n) is 6.02. The number of aromatic nitrogens is 2. The Morgan fingerprint density at radius 2 is 1.93 bits per heavy atom. The number of amides is 1. The molecule has 0 aliphatic carbocycles. The van der Waals surface area contributed by atoms with Crippen LogP contribution in [0.2, 0.25) is 0 Å². The molecule has 9 heteroatoms. The summed E-state index contributed by atoms with van der Waals surface area (Å²) in [6.07, 6.45) is 5.26. The highest BCUT2D eigenvalue weighted by Gasteiger charge is 2.29. The molecule has 2 fully saturated rings. The lowest BCUT2D eigenvalue weighted by Crippen LogP contribution is -2.49. The number of carbonyl (C=O) groups is 1. The van der Waals surface area contributed by atoms with E-state index < -0.39 is 0 Å². The lowest BCUT2D eigenvalue weighted by Gasteiger charge is -2.38. The van der Waals surface area contributed by atoms with E-state index in [2.05, 4.69) is 34.3 Å². The molecule has 1 aromatic heterocycles. The Bertz CT molecular complexity index is 1450. The number of allylic oxidation sites excluding steroid dienone is 1. The number of nitrogens with one attached hydrogen (secondary N) is 1. The predicted octanol–water partition coefficient (Wildman–Crippen LogP) is 3.77. The maximum Gasteiger partial charge on any atom is 0.318 e. The van der Waals surface area contributed by atoms with Crippen molar-refractivity contribution < 1.29 is 14.6 Å². The van der Waals surface area contributed by atoms with Gasteiger partial charge in [-0.3, -0.25) is 4.79 Å². The van der Waals surface area contributed by atoms with Crippen LogP contribution in [0.25, 0.3) is 10.8 Å². The number of fused-ring (bicyclic) bond motifs is 2. The number of nitrogens with zero attached hydrogens (tertiary/aromatic N) is 5. The minimum absolute atomic E-state index is 0.0380. The van der Waals surface area contributed by atoms with Crippen LogP contribution in [-0.4, -0.2) is 71.3 Å². The molecule has 0 radical (unpaired) electrons. The minimum atomic E-state index is -0.0380. The molecule has 1 amide bonds. The Morgan fingerprint density at radius 3 is 2.73 bits per heavy atom. The highest BCUT2D eigenvalue weighted by Crippen LogP contribution is 2.36. The number of rotatable bonds is 6. The molecule has 6 rings (SSSR count). The van der Waals surface area contributed by atoms with E-state index in [-0.39, 0.29) is 17.7 Å². The van der Waals surface area contributed by atoms with Crippen LogP contribution in [0.1, 0.15) is 30.5 Å². The summed E-state index contributed by atoms with van der Waals surface area (Å²) in [4.78, 5) is 28.3. The molecule has 1 atom stereocenters. The van der Waals surface area contributed by atoms with E-state index >= 15 is 0 Å². The highest BCUT2D eigenvalue weighted by molar-refractivity contribution is 5.95. The van der Waals surface area contributed by atoms with Gasteiger partial charge < -0.3 is 29.9 Å². The van der Waals surface area contributed by atoms with Crippen LogP contribution in [0, 0.1) is 0 Å². The van der Waals surface area contributed by atoms with Gasteiger partial charge in [-0.1, -0.05) is 37.4 Å². The van der Waals surface area contributed by atoms with Gasteiger partial charge in [0.05, 0.1) is 18.3 Å². The quantitative estimate of drug-likeness (QED) is 0.457. The SMILES string of the molecule is C=CC(=O)N1CCN(c2nc(OC[C@H]3CCCC(=C)N3)nc3c2CCN(c2cc(O)cc4ccccc24)C3)CC1. The minimum Gasteiger partial charge on any atom is -0.508 e. The number of piperazine rings is 1. The average Bonchev–Trinajstić information content (AvgIpc) is 2.98. The van der Waals surface area contributed by atoms with Crippen molar-refractivity contribution in [2.24, 2.45) is 0 Å².